The molecule has 0 unspecified atom stereocenters. The minimum absolute atomic E-state index is 0.0608. The number of fused-ring (bicyclic) bond motifs is 3. The highest BCUT2D eigenvalue weighted by Gasteiger charge is 2.36. The van der Waals surface area contributed by atoms with Crippen molar-refractivity contribution in [3.8, 4) is 0 Å². The summed E-state index contributed by atoms with van der Waals surface area (Å²) < 4.78 is 54.5. The maximum Gasteiger partial charge on any atom is 0.417 e. The number of anilines is 2. The van der Waals surface area contributed by atoms with E-state index in [1.165, 1.54) is 0 Å². The number of aromatic nitrogens is 4. The third-order valence-corrected chi connectivity index (χ3v) is 5.06. The Labute approximate surface area is 164 Å². The summed E-state index contributed by atoms with van der Waals surface area (Å²) in [6.07, 6.45) is -3.30. The van der Waals surface area contributed by atoms with Crippen LogP contribution in [-0.4, -0.2) is 32.5 Å². The Morgan fingerprint density at radius 2 is 1.97 bits per heavy atom. The molecule has 29 heavy (non-hydrogen) atoms. The molecule has 3 heterocycles. The number of alkyl halides is 3. The van der Waals surface area contributed by atoms with E-state index in [0.717, 1.165) is 23.5 Å². The number of rotatable bonds is 3. The van der Waals surface area contributed by atoms with E-state index in [1.54, 1.807) is 25.0 Å². The molecule has 0 fully saturated rings. The van der Waals surface area contributed by atoms with Crippen molar-refractivity contribution in [1.29, 1.82) is 0 Å². The first-order valence-corrected chi connectivity index (χ1v) is 8.98. The summed E-state index contributed by atoms with van der Waals surface area (Å²) in [5, 5.41) is 5.33. The topological polar surface area (TPSA) is 84.7 Å². The lowest BCUT2D eigenvalue weighted by Gasteiger charge is -2.12. The molecule has 12 heteroatoms. The van der Waals surface area contributed by atoms with Crippen LogP contribution in [0, 0.1) is 5.82 Å². The zero-order valence-corrected chi connectivity index (χ0v) is 15.7. The first kappa shape index (κ1) is 19.1. The second-order valence-corrected chi connectivity index (χ2v) is 7.06. The van der Waals surface area contributed by atoms with Gasteiger partial charge in [0, 0.05) is 14.1 Å². The molecule has 0 radical (unpaired) electrons. The summed E-state index contributed by atoms with van der Waals surface area (Å²) in [4.78, 5) is 25.9. The van der Waals surface area contributed by atoms with Crippen molar-refractivity contribution in [2.24, 2.45) is 7.05 Å². The lowest BCUT2D eigenvalue weighted by molar-refractivity contribution is -0.138. The first-order valence-electron chi connectivity index (χ1n) is 8.16. The van der Waals surface area contributed by atoms with Gasteiger partial charge in [-0.25, -0.2) is 19.3 Å². The minimum atomic E-state index is -4.88. The highest BCUT2D eigenvalue weighted by molar-refractivity contribution is 7.22. The second kappa shape index (κ2) is 6.65. The van der Waals surface area contributed by atoms with Crippen molar-refractivity contribution >= 4 is 49.6 Å². The number of amides is 1. The van der Waals surface area contributed by atoms with Crippen LogP contribution in [0.2, 0.25) is 0 Å². The van der Waals surface area contributed by atoms with Gasteiger partial charge < -0.3 is 9.88 Å². The summed E-state index contributed by atoms with van der Waals surface area (Å²) >= 11 is 1.00. The van der Waals surface area contributed by atoms with Crippen LogP contribution in [0.25, 0.3) is 21.4 Å². The second-order valence-electron chi connectivity index (χ2n) is 6.08. The van der Waals surface area contributed by atoms with E-state index >= 15 is 0 Å². The van der Waals surface area contributed by atoms with Crippen molar-refractivity contribution in [2.75, 3.05) is 17.7 Å². The standard InChI is InChI=1S/C17H12F4N6OS/c1-22-13-10-12(27(2)6-23-10)11-15(25-13)29-16(24-11)26-14(28)8-4-3-7(18)5-9(8)17(19,20)21/h3-6H,1-2H3,(H,22,25)(H,24,26,28). The number of nitrogens with zero attached hydrogens (tertiary/aromatic N) is 4. The lowest BCUT2D eigenvalue weighted by Crippen LogP contribution is -2.19. The number of halogens is 4. The number of aryl methyl sites for hydroxylation is 1. The largest absolute Gasteiger partial charge is 0.417 e. The van der Waals surface area contributed by atoms with E-state index in [1.807, 2.05) is 0 Å². The van der Waals surface area contributed by atoms with Gasteiger partial charge in [-0.3, -0.25) is 10.1 Å². The predicted octanol–water partition coefficient (Wildman–Crippen LogP) is 4.03. The van der Waals surface area contributed by atoms with Gasteiger partial charge in [0.05, 0.1) is 17.5 Å². The average Bonchev–Trinajstić information content (AvgIpc) is 3.23. The molecule has 0 atom stereocenters. The fourth-order valence-corrected chi connectivity index (χ4v) is 3.76. The highest BCUT2D eigenvalue weighted by atomic mass is 32.1. The third-order valence-electron chi connectivity index (χ3n) is 4.20. The molecule has 1 amide bonds. The molecular formula is C17H12F4N6OS. The molecule has 0 aliphatic rings. The van der Waals surface area contributed by atoms with Crippen molar-refractivity contribution < 1.29 is 22.4 Å². The maximum atomic E-state index is 13.3. The average molecular weight is 424 g/mol. The number of carbonyl (C=O) groups excluding carboxylic acids is 1. The van der Waals surface area contributed by atoms with Crippen LogP contribution in [-0.2, 0) is 13.2 Å². The quantitative estimate of drug-likeness (QED) is 0.485. The molecule has 0 saturated heterocycles. The van der Waals surface area contributed by atoms with Crippen molar-refractivity contribution in [3.05, 3.63) is 41.5 Å². The van der Waals surface area contributed by atoms with Crippen molar-refractivity contribution in [3.63, 3.8) is 0 Å². The number of hydrogen-bond acceptors (Lipinski definition) is 6. The van der Waals surface area contributed by atoms with E-state index < -0.39 is 29.0 Å². The van der Waals surface area contributed by atoms with Crippen LogP contribution in [0.5, 0.6) is 0 Å². The molecule has 0 aliphatic carbocycles. The van der Waals surface area contributed by atoms with Crippen LogP contribution in [0.3, 0.4) is 0 Å². The molecule has 150 valence electrons. The van der Waals surface area contributed by atoms with Crippen LogP contribution < -0.4 is 10.6 Å². The zero-order valence-electron chi connectivity index (χ0n) is 14.9. The third kappa shape index (κ3) is 3.24. The highest BCUT2D eigenvalue weighted by Crippen LogP contribution is 2.35. The summed E-state index contributed by atoms with van der Waals surface area (Å²) in [6.45, 7) is 0. The zero-order chi connectivity index (χ0) is 20.9. The van der Waals surface area contributed by atoms with Gasteiger partial charge in [0.15, 0.2) is 10.9 Å². The normalized spacial score (nSPS) is 11.9. The van der Waals surface area contributed by atoms with Crippen LogP contribution in [0.15, 0.2) is 24.5 Å². The first-order chi connectivity index (χ1) is 13.7. The smallest absolute Gasteiger partial charge is 0.371 e. The number of benzene rings is 1. The van der Waals surface area contributed by atoms with Crippen molar-refractivity contribution in [1.82, 2.24) is 19.5 Å². The van der Waals surface area contributed by atoms with Gasteiger partial charge in [0.25, 0.3) is 5.91 Å². The molecule has 7 nitrogen and oxygen atoms in total. The van der Waals surface area contributed by atoms with E-state index in [2.05, 4.69) is 25.6 Å². The van der Waals surface area contributed by atoms with Crippen molar-refractivity contribution in [2.45, 2.75) is 6.18 Å². The number of carbonyl (C=O) groups is 1. The number of imidazole rings is 1. The number of hydrogen-bond donors (Lipinski definition) is 2. The minimum Gasteiger partial charge on any atom is -0.371 e. The number of pyridine rings is 1. The van der Waals surface area contributed by atoms with Gasteiger partial charge in [0.2, 0.25) is 0 Å². The molecule has 0 aliphatic heterocycles. The molecule has 2 N–H and O–H groups in total. The fourth-order valence-electron chi connectivity index (χ4n) is 2.92. The molecule has 4 rings (SSSR count). The Hall–Kier alpha value is -3.28. The predicted molar refractivity (Wildman–Crippen MR) is 101 cm³/mol. The molecule has 0 bridgehead atoms. The molecule has 0 saturated carbocycles. The Kier molecular flexibility index (Phi) is 4.37. The Morgan fingerprint density at radius 1 is 1.21 bits per heavy atom. The lowest BCUT2D eigenvalue weighted by atomic mass is 10.1. The van der Waals surface area contributed by atoms with Crippen LogP contribution in [0.4, 0.5) is 28.5 Å². The SMILES string of the molecule is CNc1nc2sc(NC(=O)c3ccc(F)cc3C(F)(F)F)nc2c2c1ncn2C. The monoisotopic (exact) mass is 424 g/mol. The molecule has 3 aromatic heterocycles. The Balaban J connectivity index is 1.77. The molecular weight excluding hydrogens is 412 g/mol. The molecule has 1 aromatic carbocycles. The van der Waals surface area contributed by atoms with Gasteiger partial charge in [-0.1, -0.05) is 11.3 Å². The Morgan fingerprint density at radius 3 is 2.66 bits per heavy atom. The summed E-state index contributed by atoms with van der Waals surface area (Å²) in [5.41, 5.74) is -0.375. The van der Waals surface area contributed by atoms with Gasteiger partial charge in [0.1, 0.15) is 27.2 Å². The molecule has 4 aromatic rings. The van der Waals surface area contributed by atoms with E-state index in [9.17, 15) is 22.4 Å². The number of thiazole rings is 1. The Bertz CT molecular complexity index is 1260. The van der Waals surface area contributed by atoms with Gasteiger partial charge >= 0.3 is 6.18 Å². The van der Waals surface area contributed by atoms with E-state index in [4.69, 9.17) is 0 Å². The number of nitrogens with one attached hydrogen (secondary N) is 2. The van der Waals surface area contributed by atoms with Gasteiger partial charge in [-0.2, -0.15) is 13.2 Å². The van der Waals surface area contributed by atoms with Gasteiger partial charge in [-0.15, -0.1) is 0 Å². The van der Waals surface area contributed by atoms with Gasteiger partial charge in [-0.05, 0) is 18.2 Å². The summed E-state index contributed by atoms with van der Waals surface area (Å²) in [5.74, 6) is -1.63. The maximum absolute atomic E-state index is 13.3. The van der Waals surface area contributed by atoms with E-state index in [-0.39, 0.29) is 11.2 Å². The summed E-state index contributed by atoms with van der Waals surface area (Å²) in [6, 6.07) is 1.87. The summed E-state index contributed by atoms with van der Waals surface area (Å²) in [7, 11) is 3.44. The van der Waals surface area contributed by atoms with E-state index in [0.29, 0.717) is 27.2 Å². The fraction of sp³-hybridized carbons (Fsp3) is 0.176. The molecule has 0 spiro atoms. The van der Waals surface area contributed by atoms with Crippen LogP contribution in [0.1, 0.15) is 15.9 Å². The van der Waals surface area contributed by atoms with Crippen LogP contribution >= 0.6 is 11.3 Å².